The molecule has 3 nitrogen and oxygen atoms in total. The van der Waals surface area contributed by atoms with Crippen LogP contribution in [0.2, 0.25) is 0 Å². The van der Waals surface area contributed by atoms with Crippen LogP contribution in [0.5, 0.6) is 0 Å². The van der Waals surface area contributed by atoms with Crippen molar-refractivity contribution in [2.75, 3.05) is 6.61 Å². The molecule has 0 aliphatic heterocycles. The smallest absolute Gasteiger partial charge is 0.340 e. The Labute approximate surface area is 100 Å². The Kier molecular flexibility index (Phi) is 3.28. The van der Waals surface area contributed by atoms with Crippen LogP contribution in [-0.2, 0) is 11.8 Å². The number of nitrogens with zero attached hydrogens (tertiary/aromatic N) is 1. The molecule has 0 spiro atoms. The van der Waals surface area contributed by atoms with E-state index in [0.29, 0.717) is 18.6 Å². The average molecular weight is 229 g/mol. The molecule has 0 radical (unpaired) electrons. The highest BCUT2D eigenvalue weighted by Crippen LogP contribution is 2.20. The van der Waals surface area contributed by atoms with E-state index >= 15 is 0 Å². The fraction of sp³-hybridized carbons (Fsp3) is 0.214. The number of para-hydroxylation sites is 1. The predicted octanol–water partition coefficient (Wildman–Crippen LogP) is 2.91. The number of fused-ring (bicyclic) bond motifs is 1. The largest absolute Gasteiger partial charge is 0.462 e. The molecule has 17 heavy (non-hydrogen) atoms. The van der Waals surface area contributed by atoms with Gasteiger partial charge in [-0.3, -0.25) is 0 Å². The maximum atomic E-state index is 11.9. The van der Waals surface area contributed by atoms with Crippen LogP contribution in [0.25, 0.3) is 10.9 Å². The van der Waals surface area contributed by atoms with E-state index in [1.807, 2.05) is 35.9 Å². The number of aryl methyl sites for hydroxylation is 1. The van der Waals surface area contributed by atoms with Crippen molar-refractivity contribution in [3.05, 3.63) is 48.7 Å². The lowest BCUT2D eigenvalue weighted by Gasteiger charge is -2.01. The van der Waals surface area contributed by atoms with Crippen molar-refractivity contribution < 1.29 is 9.53 Å². The van der Waals surface area contributed by atoms with Gasteiger partial charge < -0.3 is 9.30 Å². The molecule has 0 bridgehead atoms. The summed E-state index contributed by atoms with van der Waals surface area (Å²) in [5, 5.41) is 0.929. The summed E-state index contributed by atoms with van der Waals surface area (Å²) < 4.78 is 7.10. The van der Waals surface area contributed by atoms with E-state index in [1.54, 1.807) is 12.3 Å². The standard InChI is InChI=1S/C14H15NO2/c1-3-4-9-17-14(16)12-10-15(2)13-8-6-5-7-11(12)13/h3,5-8,10H,1,4,9H2,2H3. The maximum Gasteiger partial charge on any atom is 0.340 e. The van der Waals surface area contributed by atoms with Gasteiger partial charge in [-0.05, 0) is 12.5 Å². The van der Waals surface area contributed by atoms with Crippen molar-refractivity contribution in [1.29, 1.82) is 0 Å². The third kappa shape index (κ3) is 2.23. The molecule has 1 aromatic carbocycles. The van der Waals surface area contributed by atoms with Crippen molar-refractivity contribution in [2.45, 2.75) is 6.42 Å². The number of aromatic nitrogens is 1. The molecule has 88 valence electrons. The predicted molar refractivity (Wildman–Crippen MR) is 68.0 cm³/mol. The lowest BCUT2D eigenvalue weighted by Crippen LogP contribution is -2.05. The van der Waals surface area contributed by atoms with Gasteiger partial charge in [-0.25, -0.2) is 4.79 Å². The molecule has 0 atom stereocenters. The SMILES string of the molecule is C=CCCOC(=O)c1cn(C)c2ccccc12. The first-order valence-electron chi connectivity index (χ1n) is 5.56. The van der Waals surface area contributed by atoms with Crippen molar-refractivity contribution in [3.8, 4) is 0 Å². The lowest BCUT2D eigenvalue weighted by atomic mass is 10.2. The summed E-state index contributed by atoms with van der Waals surface area (Å²) in [4.78, 5) is 11.9. The van der Waals surface area contributed by atoms with Crippen LogP contribution in [0.1, 0.15) is 16.8 Å². The number of ether oxygens (including phenoxy) is 1. The first kappa shape index (κ1) is 11.5. The van der Waals surface area contributed by atoms with Crippen LogP contribution >= 0.6 is 0 Å². The van der Waals surface area contributed by atoms with Crippen LogP contribution in [0, 0.1) is 0 Å². The zero-order valence-corrected chi connectivity index (χ0v) is 9.85. The van der Waals surface area contributed by atoms with Crippen molar-refractivity contribution in [2.24, 2.45) is 7.05 Å². The molecular formula is C14H15NO2. The van der Waals surface area contributed by atoms with Gasteiger partial charge in [0.25, 0.3) is 0 Å². The van der Waals surface area contributed by atoms with E-state index < -0.39 is 0 Å². The van der Waals surface area contributed by atoms with E-state index in [2.05, 4.69) is 6.58 Å². The molecule has 1 heterocycles. The molecule has 0 unspecified atom stereocenters. The molecule has 2 aromatic rings. The highest BCUT2D eigenvalue weighted by atomic mass is 16.5. The van der Waals surface area contributed by atoms with Crippen LogP contribution in [0.15, 0.2) is 43.1 Å². The topological polar surface area (TPSA) is 31.2 Å². The summed E-state index contributed by atoms with van der Waals surface area (Å²) in [6.07, 6.45) is 4.22. The van der Waals surface area contributed by atoms with Crippen molar-refractivity contribution in [1.82, 2.24) is 4.57 Å². The third-order valence-electron chi connectivity index (χ3n) is 2.67. The third-order valence-corrected chi connectivity index (χ3v) is 2.67. The van der Waals surface area contributed by atoms with Gasteiger partial charge >= 0.3 is 5.97 Å². The molecular weight excluding hydrogens is 214 g/mol. The van der Waals surface area contributed by atoms with Crippen molar-refractivity contribution >= 4 is 16.9 Å². The van der Waals surface area contributed by atoms with Gasteiger partial charge in [-0.2, -0.15) is 0 Å². The van der Waals surface area contributed by atoms with Gasteiger partial charge in [0.15, 0.2) is 0 Å². The Balaban J connectivity index is 2.29. The minimum atomic E-state index is -0.274. The highest BCUT2D eigenvalue weighted by Gasteiger charge is 2.14. The van der Waals surface area contributed by atoms with Crippen LogP contribution in [-0.4, -0.2) is 17.1 Å². The average Bonchev–Trinajstić information content (AvgIpc) is 2.68. The van der Waals surface area contributed by atoms with Crippen LogP contribution < -0.4 is 0 Å². The zero-order chi connectivity index (χ0) is 12.3. The quantitative estimate of drug-likeness (QED) is 0.458. The lowest BCUT2D eigenvalue weighted by molar-refractivity contribution is 0.0514. The molecule has 0 fully saturated rings. The number of carbonyl (C=O) groups excluding carboxylic acids is 1. The van der Waals surface area contributed by atoms with E-state index in [0.717, 1.165) is 10.9 Å². The second-order valence-electron chi connectivity index (χ2n) is 3.88. The summed E-state index contributed by atoms with van der Waals surface area (Å²) >= 11 is 0. The Hall–Kier alpha value is -2.03. The van der Waals surface area contributed by atoms with Crippen LogP contribution in [0.3, 0.4) is 0 Å². The number of rotatable bonds is 4. The number of hydrogen-bond acceptors (Lipinski definition) is 2. The van der Waals surface area contributed by atoms with Gasteiger partial charge in [0, 0.05) is 24.1 Å². The van der Waals surface area contributed by atoms with E-state index in [9.17, 15) is 4.79 Å². The minimum absolute atomic E-state index is 0.274. The summed E-state index contributed by atoms with van der Waals surface area (Å²) in [5.74, 6) is -0.274. The fourth-order valence-electron chi connectivity index (χ4n) is 1.82. The number of esters is 1. The Morgan fingerprint density at radius 3 is 3.00 bits per heavy atom. The van der Waals surface area contributed by atoms with Crippen LogP contribution in [0.4, 0.5) is 0 Å². The highest BCUT2D eigenvalue weighted by molar-refractivity contribution is 6.04. The van der Waals surface area contributed by atoms with Gasteiger partial charge in [0.1, 0.15) is 0 Å². The second kappa shape index (κ2) is 4.87. The molecule has 0 saturated heterocycles. The molecule has 0 aliphatic rings. The molecule has 0 amide bonds. The fourth-order valence-corrected chi connectivity index (χ4v) is 1.82. The normalized spacial score (nSPS) is 10.4. The molecule has 0 N–H and O–H groups in total. The molecule has 1 aromatic heterocycles. The Morgan fingerprint density at radius 1 is 1.47 bits per heavy atom. The molecule has 2 rings (SSSR count). The second-order valence-corrected chi connectivity index (χ2v) is 3.88. The van der Waals surface area contributed by atoms with Crippen molar-refractivity contribution in [3.63, 3.8) is 0 Å². The molecule has 0 aliphatic carbocycles. The molecule has 0 saturated carbocycles. The first-order valence-corrected chi connectivity index (χ1v) is 5.56. The van der Waals surface area contributed by atoms with E-state index in [4.69, 9.17) is 4.74 Å². The van der Waals surface area contributed by atoms with Gasteiger partial charge in [-0.1, -0.05) is 24.3 Å². The summed E-state index contributed by atoms with van der Waals surface area (Å²) in [5.41, 5.74) is 1.65. The first-order chi connectivity index (χ1) is 8.24. The Morgan fingerprint density at radius 2 is 2.24 bits per heavy atom. The number of carbonyl (C=O) groups is 1. The molecule has 3 heteroatoms. The minimum Gasteiger partial charge on any atom is -0.462 e. The van der Waals surface area contributed by atoms with E-state index in [-0.39, 0.29) is 5.97 Å². The van der Waals surface area contributed by atoms with Gasteiger partial charge in [0.05, 0.1) is 12.2 Å². The maximum absolute atomic E-state index is 11.9. The summed E-state index contributed by atoms with van der Waals surface area (Å²) in [6.45, 7) is 3.97. The monoisotopic (exact) mass is 229 g/mol. The Bertz CT molecular complexity index is 554. The number of benzene rings is 1. The van der Waals surface area contributed by atoms with Gasteiger partial charge in [-0.15, -0.1) is 6.58 Å². The zero-order valence-electron chi connectivity index (χ0n) is 9.85. The number of hydrogen-bond donors (Lipinski definition) is 0. The van der Waals surface area contributed by atoms with E-state index in [1.165, 1.54) is 0 Å². The van der Waals surface area contributed by atoms with Gasteiger partial charge in [0.2, 0.25) is 0 Å². The summed E-state index contributed by atoms with van der Waals surface area (Å²) in [6, 6.07) is 7.79. The summed E-state index contributed by atoms with van der Waals surface area (Å²) in [7, 11) is 1.92.